The summed E-state index contributed by atoms with van der Waals surface area (Å²) in [6.07, 6.45) is 5.36. The fourth-order valence-corrected chi connectivity index (χ4v) is 5.24. The molecule has 0 spiro atoms. The Hall–Kier alpha value is 0.0569. The molecule has 0 amide bonds. The maximum atomic E-state index is 6.12. The van der Waals surface area contributed by atoms with Gasteiger partial charge < -0.3 is 18.2 Å². The highest BCUT2D eigenvalue weighted by atomic mass is 28.4. The van der Waals surface area contributed by atoms with Gasteiger partial charge in [-0.25, -0.2) is 0 Å². The van der Waals surface area contributed by atoms with E-state index in [-0.39, 0.29) is 0 Å². The van der Waals surface area contributed by atoms with Gasteiger partial charge in [0.2, 0.25) is 0 Å². The quantitative estimate of drug-likeness (QED) is 0.311. The smallest absolute Gasteiger partial charge is 0.373 e. The number of hydrogen-bond acceptors (Lipinski definition) is 4. The second-order valence-corrected chi connectivity index (χ2v) is 8.44. The Morgan fingerprint density at radius 1 is 0.682 bits per heavy atom. The van der Waals surface area contributed by atoms with E-state index in [9.17, 15) is 0 Å². The van der Waals surface area contributed by atoms with E-state index in [0.717, 1.165) is 71.2 Å². The van der Waals surface area contributed by atoms with Gasteiger partial charge in [-0.1, -0.05) is 34.6 Å². The number of rotatable bonds is 16. The molecule has 0 aliphatic rings. The molecule has 0 atom stereocenters. The minimum Gasteiger partial charge on any atom is -0.373 e. The third-order valence-electron chi connectivity index (χ3n) is 3.68. The van der Waals surface area contributed by atoms with Gasteiger partial charge in [-0.2, -0.15) is 0 Å². The molecule has 4 nitrogen and oxygen atoms in total. The van der Waals surface area contributed by atoms with Crippen LogP contribution in [-0.2, 0) is 13.3 Å². The maximum absolute atomic E-state index is 6.12. The Morgan fingerprint density at radius 3 is 1.50 bits per heavy atom. The summed E-state index contributed by atoms with van der Waals surface area (Å²) in [5.41, 5.74) is 0. The average molecular weight is 334 g/mol. The van der Waals surface area contributed by atoms with Gasteiger partial charge in [-0.05, 0) is 51.7 Å². The van der Waals surface area contributed by atoms with Crippen molar-refractivity contribution in [3.8, 4) is 0 Å². The number of nitrogens with zero attached hydrogens (tertiary/aromatic N) is 1. The van der Waals surface area contributed by atoms with Gasteiger partial charge in [0, 0.05) is 25.9 Å². The molecule has 0 saturated carbocycles. The van der Waals surface area contributed by atoms with E-state index in [1.54, 1.807) is 0 Å². The Morgan fingerprint density at radius 2 is 1.14 bits per heavy atom. The van der Waals surface area contributed by atoms with Gasteiger partial charge >= 0.3 is 8.80 Å². The van der Waals surface area contributed by atoms with Crippen LogP contribution in [0.4, 0.5) is 0 Å². The number of hydrogen-bond donors (Lipinski definition) is 0. The predicted octanol–water partition coefficient (Wildman–Crippen LogP) is 4.33. The molecular formula is C17H39NO3Si. The van der Waals surface area contributed by atoms with Crippen molar-refractivity contribution in [2.75, 3.05) is 39.5 Å². The van der Waals surface area contributed by atoms with E-state index in [1.807, 2.05) is 0 Å². The third kappa shape index (κ3) is 9.95. The topological polar surface area (TPSA) is 30.9 Å². The molecule has 22 heavy (non-hydrogen) atoms. The van der Waals surface area contributed by atoms with Gasteiger partial charge in [0.15, 0.2) is 0 Å². The second-order valence-electron chi connectivity index (χ2n) is 5.71. The first-order valence-corrected chi connectivity index (χ1v) is 11.2. The predicted molar refractivity (Wildman–Crippen MR) is 96.3 cm³/mol. The molecular weight excluding hydrogens is 294 g/mol. The monoisotopic (exact) mass is 333 g/mol. The summed E-state index contributed by atoms with van der Waals surface area (Å²) in [4.78, 5) is 2.47. The van der Waals surface area contributed by atoms with Gasteiger partial charge in [0.1, 0.15) is 0 Å². The number of unbranched alkanes of at least 4 members (excludes halogenated alkanes) is 1. The zero-order valence-electron chi connectivity index (χ0n) is 15.7. The molecule has 0 saturated heterocycles. The Balaban J connectivity index is 4.44. The third-order valence-corrected chi connectivity index (χ3v) is 6.58. The van der Waals surface area contributed by atoms with Crippen LogP contribution in [0.25, 0.3) is 0 Å². The summed E-state index contributed by atoms with van der Waals surface area (Å²) in [5.74, 6) is 0. The average Bonchev–Trinajstić information content (AvgIpc) is 2.56. The standard InChI is InChI=1S/C17H39NO3Si/c1-6-14-19-22(20-15-7-2,21-16-8-3)17-12-11-13-18(9-4)10-5/h6-17H2,1-5H3. The molecule has 0 heterocycles. The van der Waals surface area contributed by atoms with Crippen LogP contribution >= 0.6 is 0 Å². The van der Waals surface area contributed by atoms with Crippen molar-refractivity contribution in [1.82, 2.24) is 4.90 Å². The van der Waals surface area contributed by atoms with E-state index in [4.69, 9.17) is 13.3 Å². The summed E-state index contributed by atoms with van der Waals surface area (Å²) < 4.78 is 18.4. The molecule has 0 aromatic heterocycles. The zero-order valence-corrected chi connectivity index (χ0v) is 16.7. The minimum atomic E-state index is -2.47. The molecule has 0 unspecified atom stereocenters. The van der Waals surface area contributed by atoms with Crippen molar-refractivity contribution < 1.29 is 13.3 Å². The van der Waals surface area contributed by atoms with Gasteiger partial charge in [-0.15, -0.1) is 0 Å². The largest absolute Gasteiger partial charge is 0.500 e. The SMILES string of the molecule is CCCO[Si](CCCCN(CC)CC)(OCCC)OCCC. The highest BCUT2D eigenvalue weighted by molar-refractivity contribution is 6.60. The molecule has 0 aromatic rings. The lowest BCUT2D eigenvalue weighted by Gasteiger charge is -2.30. The Labute approximate surface area is 139 Å². The molecule has 0 aromatic carbocycles. The normalized spacial score (nSPS) is 12.3. The van der Waals surface area contributed by atoms with Crippen LogP contribution in [0.15, 0.2) is 0 Å². The molecule has 0 bridgehead atoms. The van der Waals surface area contributed by atoms with E-state index in [0.29, 0.717) is 0 Å². The molecule has 5 heteroatoms. The first-order chi connectivity index (χ1) is 10.7. The van der Waals surface area contributed by atoms with Gasteiger partial charge in [0.25, 0.3) is 0 Å². The van der Waals surface area contributed by atoms with E-state index < -0.39 is 8.80 Å². The zero-order chi connectivity index (χ0) is 16.7. The van der Waals surface area contributed by atoms with Crippen LogP contribution in [0.2, 0.25) is 6.04 Å². The first kappa shape index (κ1) is 22.1. The lowest BCUT2D eigenvalue weighted by Crippen LogP contribution is -2.46. The van der Waals surface area contributed by atoms with Crippen molar-refractivity contribution in [3.63, 3.8) is 0 Å². The van der Waals surface area contributed by atoms with Crippen molar-refractivity contribution in [2.45, 2.75) is 72.8 Å². The van der Waals surface area contributed by atoms with Crippen LogP contribution in [0, 0.1) is 0 Å². The summed E-state index contributed by atoms with van der Waals surface area (Å²) in [6.45, 7) is 16.5. The van der Waals surface area contributed by atoms with Crippen LogP contribution in [0.3, 0.4) is 0 Å². The second kappa shape index (κ2) is 14.6. The summed E-state index contributed by atoms with van der Waals surface area (Å²) in [7, 11) is -2.47. The summed E-state index contributed by atoms with van der Waals surface area (Å²) in [5, 5.41) is 0. The van der Waals surface area contributed by atoms with Crippen molar-refractivity contribution in [2.24, 2.45) is 0 Å². The van der Waals surface area contributed by atoms with Gasteiger partial charge in [-0.3, -0.25) is 0 Å². The first-order valence-electron chi connectivity index (χ1n) is 9.32. The molecule has 0 aliphatic heterocycles. The van der Waals surface area contributed by atoms with Crippen molar-refractivity contribution in [3.05, 3.63) is 0 Å². The van der Waals surface area contributed by atoms with Crippen LogP contribution < -0.4 is 0 Å². The maximum Gasteiger partial charge on any atom is 0.500 e. The molecule has 0 radical (unpaired) electrons. The van der Waals surface area contributed by atoms with E-state index in [1.165, 1.54) is 6.42 Å². The Bertz CT molecular complexity index is 216. The lowest BCUT2D eigenvalue weighted by atomic mass is 10.3. The Kier molecular flexibility index (Phi) is 14.7. The highest BCUT2D eigenvalue weighted by Gasteiger charge is 2.40. The summed E-state index contributed by atoms with van der Waals surface area (Å²) >= 11 is 0. The molecule has 0 fully saturated rings. The van der Waals surface area contributed by atoms with E-state index in [2.05, 4.69) is 39.5 Å². The summed E-state index contributed by atoms with van der Waals surface area (Å²) in [6, 6.07) is 0.953. The molecule has 0 aliphatic carbocycles. The molecule has 134 valence electrons. The van der Waals surface area contributed by atoms with Crippen LogP contribution in [0.1, 0.15) is 66.7 Å². The van der Waals surface area contributed by atoms with Crippen LogP contribution in [0.5, 0.6) is 0 Å². The van der Waals surface area contributed by atoms with Crippen molar-refractivity contribution in [1.29, 1.82) is 0 Å². The van der Waals surface area contributed by atoms with Crippen LogP contribution in [-0.4, -0.2) is 53.2 Å². The fraction of sp³-hybridized carbons (Fsp3) is 1.00. The highest BCUT2D eigenvalue weighted by Crippen LogP contribution is 2.20. The molecule has 0 N–H and O–H groups in total. The van der Waals surface area contributed by atoms with E-state index >= 15 is 0 Å². The van der Waals surface area contributed by atoms with Crippen molar-refractivity contribution >= 4 is 8.80 Å². The fourth-order valence-electron chi connectivity index (χ4n) is 2.33. The minimum absolute atomic E-state index is 0.746. The van der Waals surface area contributed by atoms with Gasteiger partial charge in [0.05, 0.1) is 0 Å². The molecule has 0 rings (SSSR count). The lowest BCUT2D eigenvalue weighted by molar-refractivity contribution is 0.0584.